The first-order valence-corrected chi connectivity index (χ1v) is 5.24. The summed E-state index contributed by atoms with van der Waals surface area (Å²) in [5, 5.41) is 26.3. The molecule has 0 bridgehead atoms. The lowest BCUT2D eigenvalue weighted by Gasteiger charge is -2.25. The maximum Gasteiger partial charge on any atom is 0.296 e. The maximum absolute atomic E-state index is 9.83. The van der Waals surface area contributed by atoms with Crippen molar-refractivity contribution >= 4 is 11.9 Å². The number of fused-ring (bicyclic) bond motifs is 3. The summed E-state index contributed by atoms with van der Waals surface area (Å²) in [6.45, 7) is 0.372. The van der Waals surface area contributed by atoms with Crippen molar-refractivity contribution in [2.24, 2.45) is 4.99 Å². The van der Waals surface area contributed by atoms with E-state index in [0.29, 0.717) is 19.0 Å². The molecule has 2 unspecified atom stereocenters. The smallest absolute Gasteiger partial charge is 0.296 e. The highest BCUT2D eigenvalue weighted by molar-refractivity contribution is 5.95. The molecule has 88 valence electrons. The number of hydrogen-bond donors (Lipinski definition) is 3. The lowest BCUT2D eigenvalue weighted by molar-refractivity contribution is -0.0559. The van der Waals surface area contributed by atoms with E-state index in [2.05, 4.69) is 4.99 Å². The van der Waals surface area contributed by atoms with Crippen LogP contribution in [0.5, 0.6) is 0 Å². The molecule has 3 heterocycles. The van der Waals surface area contributed by atoms with Crippen LogP contribution in [0.4, 0.5) is 0 Å². The molecule has 4 atom stereocenters. The van der Waals surface area contributed by atoms with Crippen molar-refractivity contribution in [1.29, 1.82) is 5.41 Å². The van der Waals surface area contributed by atoms with E-state index in [1.165, 1.54) is 0 Å². The summed E-state index contributed by atoms with van der Waals surface area (Å²) in [7, 11) is 0. The number of aliphatic hydroxyl groups is 2. The molecule has 16 heavy (non-hydrogen) atoms. The van der Waals surface area contributed by atoms with E-state index in [9.17, 15) is 5.11 Å². The molecule has 0 aromatic heterocycles. The molecule has 7 nitrogen and oxygen atoms in total. The van der Waals surface area contributed by atoms with Gasteiger partial charge < -0.3 is 19.7 Å². The molecule has 3 aliphatic heterocycles. The van der Waals surface area contributed by atoms with Gasteiger partial charge in [0.15, 0.2) is 12.3 Å². The number of aliphatic hydroxyl groups excluding tert-OH is 2. The molecule has 3 N–H and O–H groups in total. The minimum absolute atomic E-state index is 0.229. The number of amidine groups is 2. The Kier molecular flexibility index (Phi) is 2.13. The van der Waals surface area contributed by atoms with Crippen molar-refractivity contribution in [3.8, 4) is 0 Å². The third kappa shape index (κ3) is 1.25. The standard InChI is InChI=1S/C9H13N3O4/c10-5-1-2-12-8-7(16-9(12)11-5)6(14)4(3-13)15-8/h4,6-8,10,13-14H,1-3H2/t4-,6?,7?,8-/m1/s1. The van der Waals surface area contributed by atoms with Gasteiger partial charge in [0.1, 0.15) is 18.0 Å². The van der Waals surface area contributed by atoms with Crippen LogP contribution < -0.4 is 0 Å². The van der Waals surface area contributed by atoms with Crippen LogP contribution in [0.3, 0.4) is 0 Å². The number of nitrogens with zero attached hydrogens (tertiary/aromatic N) is 2. The second-order valence-electron chi connectivity index (χ2n) is 4.11. The van der Waals surface area contributed by atoms with E-state index < -0.39 is 18.3 Å². The van der Waals surface area contributed by atoms with Crippen molar-refractivity contribution in [1.82, 2.24) is 4.90 Å². The predicted octanol–water partition coefficient (Wildman–Crippen LogP) is -1.50. The Morgan fingerprint density at radius 2 is 2.38 bits per heavy atom. The zero-order valence-electron chi connectivity index (χ0n) is 8.54. The Hall–Kier alpha value is -1.18. The molecule has 2 fully saturated rings. The molecule has 3 rings (SSSR count). The maximum atomic E-state index is 9.83. The average molecular weight is 227 g/mol. The second-order valence-corrected chi connectivity index (χ2v) is 4.11. The van der Waals surface area contributed by atoms with Crippen LogP contribution in [0.25, 0.3) is 0 Å². The zero-order chi connectivity index (χ0) is 11.3. The molecular formula is C9H13N3O4. The van der Waals surface area contributed by atoms with E-state index in [1.807, 2.05) is 0 Å². The topological polar surface area (TPSA) is 98.4 Å². The van der Waals surface area contributed by atoms with E-state index in [4.69, 9.17) is 20.0 Å². The Bertz CT molecular complexity index is 359. The second kappa shape index (κ2) is 3.41. The summed E-state index contributed by atoms with van der Waals surface area (Å²) in [6, 6.07) is 0.349. The van der Waals surface area contributed by atoms with Crippen LogP contribution in [-0.2, 0) is 9.47 Å². The molecule has 0 radical (unpaired) electrons. The minimum atomic E-state index is -0.850. The van der Waals surface area contributed by atoms with Gasteiger partial charge in [0.05, 0.1) is 6.61 Å². The van der Waals surface area contributed by atoms with Gasteiger partial charge in [-0.2, -0.15) is 4.99 Å². The summed E-state index contributed by atoms with van der Waals surface area (Å²) in [5.41, 5.74) is 0. The first-order chi connectivity index (χ1) is 7.70. The van der Waals surface area contributed by atoms with Crippen LogP contribution >= 0.6 is 0 Å². The van der Waals surface area contributed by atoms with Gasteiger partial charge in [0.2, 0.25) is 0 Å². The van der Waals surface area contributed by atoms with Crippen LogP contribution in [0.2, 0.25) is 0 Å². The van der Waals surface area contributed by atoms with Gasteiger partial charge in [-0.1, -0.05) is 0 Å². The van der Waals surface area contributed by atoms with E-state index in [0.717, 1.165) is 0 Å². The summed E-state index contributed by atoms with van der Waals surface area (Å²) >= 11 is 0. The van der Waals surface area contributed by atoms with Crippen molar-refractivity contribution in [3.05, 3.63) is 0 Å². The molecule has 2 saturated heterocycles. The summed E-state index contributed by atoms with van der Waals surface area (Å²) in [5.74, 6) is 0.277. The number of nitrogens with one attached hydrogen (secondary N) is 1. The van der Waals surface area contributed by atoms with Gasteiger partial charge >= 0.3 is 0 Å². The predicted molar refractivity (Wildman–Crippen MR) is 53.1 cm³/mol. The first kappa shape index (κ1) is 10.0. The highest BCUT2D eigenvalue weighted by atomic mass is 16.6. The number of rotatable bonds is 1. The highest BCUT2D eigenvalue weighted by Gasteiger charge is 2.54. The van der Waals surface area contributed by atoms with Crippen molar-refractivity contribution in [3.63, 3.8) is 0 Å². The van der Waals surface area contributed by atoms with Gasteiger partial charge in [-0.25, -0.2) is 0 Å². The highest BCUT2D eigenvalue weighted by Crippen LogP contribution is 2.33. The monoisotopic (exact) mass is 227 g/mol. The Balaban J connectivity index is 1.85. The van der Waals surface area contributed by atoms with E-state index >= 15 is 0 Å². The molecule has 3 aliphatic rings. The van der Waals surface area contributed by atoms with Crippen LogP contribution in [-0.4, -0.2) is 64.7 Å². The fourth-order valence-electron chi connectivity index (χ4n) is 2.26. The zero-order valence-corrected chi connectivity index (χ0v) is 8.54. The fraction of sp³-hybridized carbons (Fsp3) is 0.778. The van der Waals surface area contributed by atoms with Crippen molar-refractivity contribution < 1.29 is 19.7 Å². The van der Waals surface area contributed by atoms with Crippen LogP contribution in [0, 0.1) is 5.41 Å². The summed E-state index contributed by atoms with van der Waals surface area (Å²) in [4.78, 5) is 5.76. The Labute approximate surface area is 91.8 Å². The molecule has 7 heteroatoms. The molecule has 0 aromatic rings. The fourth-order valence-corrected chi connectivity index (χ4v) is 2.26. The molecular weight excluding hydrogens is 214 g/mol. The third-order valence-electron chi connectivity index (χ3n) is 3.11. The van der Waals surface area contributed by atoms with E-state index in [-0.39, 0.29) is 18.7 Å². The lowest BCUT2D eigenvalue weighted by Crippen LogP contribution is -2.40. The van der Waals surface area contributed by atoms with Crippen LogP contribution in [0.15, 0.2) is 4.99 Å². The molecule has 0 spiro atoms. The molecule has 0 amide bonds. The van der Waals surface area contributed by atoms with Gasteiger partial charge in [-0.3, -0.25) is 10.3 Å². The quantitative estimate of drug-likeness (QED) is 0.506. The van der Waals surface area contributed by atoms with Crippen LogP contribution in [0.1, 0.15) is 6.42 Å². The van der Waals surface area contributed by atoms with Gasteiger partial charge in [-0.15, -0.1) is 0 Å². The SMILES string of the molecule is N=C1CCN2C(=N1)OC1C(O)[C@@H](CO)O[C@H]12. The van der Waals surface area contributed by atoms with Gasteiger partial charge in [0.25, 0.3) is 6.02 Å². The Morgan fingerprint density at radius 1 is 1.56 bits per heavy atom. The lowest BCUT2D eigenvalue weighted by atomic mass is 10.1. The molecule has 0 aliphatic carbocycles. The van der Waals surface area contributed by atoms with Crippen molar-refractivity contribution in [2.75, 3.05) is 13.2 Å². The largest absolute Gasteiger partial charge is 0.454 e. The van der Waals surface area contributed by atoms with Gasteiger partial charge in [-0.05, 0) is 0 Å². The first-order valence-electron chi connectivity index (χ1n) is 5.24. The van der Waals surface area contributed by atoms with E-state index in [1.54, 1.807) is 4.90 Å². The van der Waals surface area contributed by atoms with Gasteiger partial charge in [0, 0.05) is 13.0 Å². The number of aliphatic imine (C=N–C) groups is 1. The van der Waals surface area contributed by atoms with Crippen molar-refractivity contribution in [2.45, 2.75) is 31.0 Å². The average Bonchev–Trinajstić information content (AvgIpc) is 2.75. The third-order valence-corrected chi connectivity index (χ3v) is 3.11. The minimum Gasteiger partial charge on any atom is -0.454 e. The summed E-state index contributed by atoms with van der Waals surface area (Å²) < 4.78 is 11.0. The number of ether oxygens (including phenoxy) is 2. The summed E-state index contributed by atoms with van der Waals surface area (Å²) in [6.07, 6.45) is -1.81. The molecule has 0 aromatic carbocycles. The Morgan fingerprint density at radius 3 is 3.12 bits per heavy atom. The normalized spacial score (nSPS) is 41.5. The number of hydrogen-bond acceptors (Lipinski definition) is 6. The molecule has 0 saturated carbocycles.